The van der Waals surface area contributed by atoms with Crippen LogP contribution < -0.4 is 9.30 Å². The van der Waals surface area contributed by atoms with Gasteiger partial charge in [0, 0.05) is 25.3 Å². The molecule has 0 N–H and O–H groups in total. The van der Waals surface area contributed by atoms with Gasteiger partial charge in [0.1, 0.15) is 18.5 Å². The fourth-order valence-electron chi connectivity index (χ4n) is 5.33. The fraction of sp³-hybridized carbons (Fsp3) is 0.200. The van der Waals surface area contributed by atoms with Gasteiger partial charge in [-0.1, -0.05) is 42.5 Å². The van der Waals surface area contributed by atoms with Crippen LogP contribution in [0, 0.1) is 13.5 Å². The topological polar surface area (TPSA) is 17.5 Å². The summed E-state index contributed by atoms with van der Waals surface area (Å²) in [5.74, 6) is 1.80. The molecule has 2 heterocycles. The molecule has 0 unspecified atom stereocenters. The lowest BCUT2D eigenvalue weighted by molar-refractivity contribution is -0.659. The number of hydrogen-bond acceptors (Lipinski definition) is 1. The molecular weight excluding hydrogens is 404 g/mol. The van der Waals surface area contributed by atoms with E-state index in [-0.39, 0.29) is 0 Å². The van der Waals surface area contributed by atoms with E-state index in [2.05, 4.69) is 90.2 Å². The largest absolute Gasteiger partial charge is 0.456 e. The highest BCUT2D eigenvalue weighted by Crippen LogP contribution is 2.49. The summed E-state index contributed by atoms with van der Waals surface area (Å²) in [6, 6.07) is 21.6. The first-order chi connectivity index (χ1) is 15.9. The Morgan fingerprint density at radius 2 is 1.70 bits per heavy atom. The van der Waals surface area contributed by atoms with Crippen molar-refractivity contribution in [3.63, 3.8) is 0 Å². The van der Waals surface area contributed by atoms with E-state index in [0.29, 0.717) is 0 Å². The second-order valence-corrected chi connectivity index (χ2v) is 9.79. The summed E-state index contributed by atoms with van der Waals surface area (Å²) < 4.78 is 8.82. The van der Waals surface area contributed by atoms with E-state index in [9.17, 15) is 0 Å². The maximum absolute atomic E-state index is 7.49. The van der Waals surface area contributed by atoms with E-state index in [1.165, 1.54) is 43.9 Å². The molecule has 160 valence electrons. The summed E-state index contributed by atoms with van der Waals surface area (Å²) >= 11 is 0. The fourth-order valence-corrected chi connectivity index (χ4v) is 5.33. The lowest BCUT2D eigenvalue weighted by atomic mass is 9.89. The first-order valence-corrected chi connectivity index (χ1v) is 11.3. The Kier molecular flexibility index (Phi) is 4.07. The number of rotatable bonds is 2. The molecule has 1 aliphatic rings. The third-order valence-corrected chi connectivity index (χ3v) is 6.93. The molecule has 5 aromatic rings. The van der Waals surface area contributed by atoms with Gasteiger partial charge >= 0.3 is 0 Å². The predicted octanol–water partition coefficient (Wildman–Crippen LogP) is 7.29. The van der Waals surface area contributed by atoms with Crippen molar-refractivity contribution in [2.24, 2.45) is 7.05 Å². The molecule has 33 heavy (non-hydrogen) atoms. The molecule has 0 radical (unpaired) electrons. The van der Waals surface area contributed by atoms with Crippen LogP contribution in [0.5, 0.6) is 11.5 Å². The average molecular weight is 430 g/mol. The van der Waals surface area contributed by atoms with Gasteiger partial charge in [-0.3, -0.25) is 0 Å². The molecule has 0 amide bonds. The van der Waals surface area contributed by atoms with Crippen LogP contribution in [0.4, 0.5) is 0 Å². The summed E-state index contributed by atoms with van der Waals surface area (Å²) in [5, 5.41) is 7.17. The molecule has 4 aromatic carbocycles. The van der Waals surface area contributed by atoms with Crippen LogP contribution in [-0.4, -0.2) is 5.54 Å². The molecule has 3 heteroatoms. The average Bonchev–Trinajstić information content (AvgIpc) is 2.80. The molecule has 0 saturated carbocycles. The van der Waals surface area contributed by atoms with E-state index >= 15 is 0 Å². The van der Waals surface area contributed by atoms with E-state index in [1.807, 2.05) is 13.8 Å². The number of aromatic nitrogens is 1. The molecule has 0 bridgehead atoms. The number of pyridine rings is 1. The summed E-state index contributed by atoms with van der Waals surface area (Å²) in [6.07, 6.45) is 2.88. The Balaban J connectivity index is 1.67. The maximum atomic E-state index is 7.49. The van der Waals surface area contributed by atoms with Gasteiger partial charge in [-0.15, -0.1) is 0 Å². The van der Waals surface area contributed by atoms with Crippen molar-refractivity contribution >= 4 is 32.3 Å². The second-order valence-electron chi connectivity index (χ2n) is 9.79. The van der Waals surface area contributed by atoms with Crippen molar-refractivity contribution in [1.29, 1.82) is 0 Å². The zero-order chi connectivity index (χ0) is 22.9. The molecule has 0 saturated heterocycles. The lowest BCUT2D eigenvalue weighted by Gasteiger charge is -2.23. The molecule has 0 spiro atoms. The Bertz CT molecular complexity index is 1670. The van der Waals surface area contributed by atoms with Gasteiger partial charge in [0.15, 0.2) is 6.20 Å². The standard InChI is InChI=1S/C30H25N2O/c1-18-22-9-7-6-8-20(22)15-25-27(18)29-28-24(12-13-32(29)5)23-11-10-19(17-30(2,3)31-4)14-21(23)16-26(28)33-25/h6-16H,17H2,1-3,5H3/q+1. The Morgan fingerprint density at radius 1 is 0.909 bits per heavy atom. The molecule has 6 rings (SSSR count). The number of aryl methyl sites for hydroxylation is 2. The third kappa shape index (κ3) is 2.91. The van der Waals surface area contributed by atoms with Crippen LogP contribution in [0.2, 0.25) is 0 Å². The van der Waals surface area contributed by atoms with Gasteiger partial charge in [0.05, 0.1) is 17.4 Å². The van der Waals surface area contributed by atoms with E-state index in [4.69, 9.17) is 11.3 Å². The summed E-state index contributed by atoms with van der Waals surface area (Å²) in [6.45, 7) is 13.7. The predicted molar refractivity (Wildman–Crippen MR) is 135 cm³/mol. The van der Waals surface area contributed by atoms with Crippen LogP contribution in [-0.2, 0) is 13.5 Å². The highest BCUT2D eigenvalue weighted by molar-refractivity contribution is 6.16. The van der Waals surface area contributed by atoms with Crippen LogP contribution >= 0.6 is 0 Å². The van der Waals surface area contributed by atoms with Crippen molar-refractivity contribution in [1.82, 2.24) is 0 Å². The minimum absolute atomic E-state index is 0.409. The number of fused-ring (bicyclic) bond motifs is 5. The normalized spacial score (nSPS) is 12.6. The highest BCUT2D eigenvalue weighted by Gasteiger charge is 2.31. The molecular formula is C30H25N2O+. The SMILES string of the molecule is [C-]#[N+]C(C)(C)Cc1ccc2c(c1)cc1c3c([n+](C)ccc32)-c2c(cc3ccccc3c2C)O1. The van der Waals surface area contributed by atoms with Gasteiger partial charge < -0.3 is 9.58 Å². The molecule has 0 fully saturated rings. The second kappa shape index (κ2) is 6.80. The van der Waals surface area contributed by atoms with E-state index < -0.39 is 5.54 Å². The number of ether oxygens (including phenoxy) is 1. The Labute approximate surface area is 193 Å². The zero-order valence-corrected chi connectivity index (χ0v) is 19.4. The maximum Gasteiger partial charge on any atom is 0.231 e. The smallest absolute Gasteiger partial charge is 0.231 e. The highest BCUT2D eigenvalue weighted by atomic mass is 16.5. The van der Waals surface area contributed by atoms with Crippen LogP contribution in [0.25, 0.3) is 48.4 Å². The third-order valence-electron chi connectivity index (χ3n) is 6.93. The van der Waals surface area contributed by atoms with Crippen molar-refractivity contribution < 1.29 is 9.30 Å². The van der Waals surface area contributed by atoms with Crippen molar-refractivity contribution in [3.8, 4) is 22.8 Å². The molecule has 3 nitrogen and oxygen atoms in total. The first kappa shape index (κ1) is 19.8. The number of benzene rings is 4. The molecule has 0 atom stereocenters. The van der Waals surface area contributed by atoms with Gasteiger partial charge in [0.25, 0.3) is 0 Å². The van der Waals surface area contributed by atoms with E-state index in [0.717, 1.165) is 28.7 Å². The number of nitrogens with zero attached hydrogens (tertiary/aromatic N) is 2. The van der Waals surface area contributed by atoms with Crippen molar-refractivity contribution in [2.45, 2.75) is 32.7 Å². The molecule has 1 aliphatic heterocycles. The van der Waals surface area contributed by atoms with Gasteiger partial charge in [-0.25, -0.2) is 11.1 Å². The number of hydrogen-bond donors (Lipinski definition) is 0. The summed E-state index contributed by atoms with van der Waals surface area (Å²) in [5.41, 5.74) is 4.38. The van der Waals surface area contributed by atoms with Gasteiger partial charge in [0.2, 0.25) is 11.2 Å². The van der Waals surface area contributed by atoms with Gasteiger partial charge in [-0.2, -0.15) is 0 Å². The zero-order valence-electron chi connectivity index (χ0n) is 19.4. The van der Waals surface area contributed by atoms with Crippen molar-refractivity contribution in [2.75, 3.05) is 0 Å². The minimum atomic E-state index is -0.409. The Morgan fingerprint density at radius 3 is 2.52 bits per heavy atom. The summed E-state index contributed by atoms with van der Waals surface area (Å²) in [4.78, 5) is 3.79. The quantitative estimate of drug-likeness (QED) is 0.160. The first-order valence-electron chi connectivity index (χ1n) is 11.3. The van der Waals surface area contributed by atoms with Crippen molar-refractivity contribution in [3.05, 3.63) is 89.4 Å². The van der Waals surface area contributed by atoms with Crippen LogP contribution in [0.3, 0.4) is 0 Å². The van der Waals surface area contributed by atoms with E-state index in [1.54, 1.807) is 0 Å². The Hall–Kier alpha value is -3.90. The van der Waals surface area contributed by atoms with Gasteiger partial charge in [-0.05, 0) is 51.7 Å². The molecule has 0 aliphatic carbocycles. The monoisotopic (exact) mass is 429 g/mol. The summed E-state index contributed by atoms with van der Waals surface area (Å²) in [7, 11) is 2.11. The molecule has 1 aromatic heterocycles. The van der Waals surface area contributed by atoms with Crippen LogP contribution in [0.1, 0.15) is 25.0 Å². The van der Waals surface area contributed by atoms with Crippen LogP contribution in [0.15, 0.2) is 66.9 Å². The minimum Gasteiger partial charge on any atom is -0.456 e. The lowest BCUT2D eigenvalue weighted by Crippen LogP contribution is -2.31.